The Balaban J connectivity index is 1.67. The largest absolute Gasteiger partial charge is 0.507 e. The number of carbonyl (C=O) groups excluding carboxylic acids is 3. The third kappa shape index (κ3) is 3.19. The molecular formula is C32H30O7. The summed E-state index contributed by atoms with van der Waals surface area (Å²) in [5.41, 5.74) is -0.473. The summed E-state index contributed by atoms with van der Waals surface area (Å²) >= 11 is 0. The van der Waals surface area contributed by atoms with Crippen molar-refractivity contribution in [2.45, 2.75) is 57.7 Å². The second-order valence-corrected chi connectivity index (χ2v) is 11.4. The fourth-order valence-corrected chi connectivity index (χ4v) is 6.83. The molecule has 7 heteroatoms. The molecule has 2 aromatic rings. The van der Waals surface area contributed by atoms with Crippen LogP contribution in [0, 0.1) is 11.8 Å². The number of ether oxygens (including phenoxy) is 2. The molecule has 200 valence electrons. The normalized spacial score (nSPS) is 29.6. The van der Waals surface area contributed by atoms with Crippen LogP contribution in [0.5, 0.6) is 17.2 Å². The number of Topliss-reactive ketones (excluding diaryl/α,β-unsaturated/α-hetero) is 2. The van der Waals surface area contributed by atoms with Crippen LogP contribution in [0.15, 0.2) is 71.3 Å². The number of benzene rings is 2. The monoisotopic (exact) mass is 526 g/mol. The van der Waals surface area contributed by atoms with Crippen molar-refractivity contribution in [3.8, 4) is 17.2 Å². The highest BCUT2D eigenvalue weighted by Crippen LogP contribution is 2.68. The minimum Gasteiger partial charge on any atom is -0.507 e. The summed E-state index contributed by atoms with van der Waals surface area (Å²) < 4.78 is 12.8. The van der Waals surface area contributed by atoms with Crippen molar-refractivity contribution < 1.29 is 34.1 Å². The van der Waals surface area contributed by atoms with Crippen LogP contribution in [0.4, 0.5) is 0 Å². The number of esters is 1. The average Bonchev–Trinajstić information content (AvgIpc) is 3.09. The molecule has 1 saturated carbocycles. The highest BCUT2D eigenvalue weighted by atomic mass is 16.6. The first-order valence-corrected chi connectivity index (χ1v) is 13.2. The van der Waals surface area contributed by atoms with Crippen molar-refractivity contribution in [2.75, 3.05) is 0 Å². The summed E-state index contributed by atoms with van der Waals surface area (Å²) in [5.74, 6) is -4.49. The van der Waals surface area contributed by atoms with Gasteiger partial charge in [-0.3, -0.25) is 14.4 Å². The third-order valence-electron chi connectivity index (χ3n) is 8.53. The van der Waals surface area contributed by atoms with Crippen LogP contribution >= 0.6 is 0 Å². The van der Waals surface area contributed by atoms with Crippen LogP contribution in [-0.2, 0) is 20.7 Å². The number of aromatic hydroxyl groups is 2. The fraction of sp³-hybridized carbons (Fsp3) is 0.344. The molecule has 39 heavy (non-hydrogen) atoms. The van der Waals surface area contributed by atoms with Gasteiger partial charge in [0.25, 0.3) is 0 Å². The Morgan fingerprint density at radius 3 is 2.31 bits per heavy atom. The van der Waals surface area contributed by atoms with Crippen molar-refractivity contribution in [2.24, 2.45) is 11.8 Å². The molecule has 4 bridgehead atoms. The number of hydrogen-bond donors (Lipinski definition) is 2. The first kappa shape index (κ1) is 25.2. The molecule has 3 aliphatic carbocycles. The molecule has 2 heterocycles. The van der Waals surface area contributed by atoms with E-state index in [4.69, 9.17) is 9.47 Å². The van der Waals surface area contributed by atoms with E-state index in [1.165, 1.54) is 0 Å². The molecule has 7 nitrogen and oxygen atoms in total. The third-order valence-corrected chi connectivity index (χ3v) is 8.53. The number of rotatable bonds is 5. The Labute approximate surface area is 226 Å². The van der Waals surface area contributed by atoms with E-state index in [2.05, 4.69) is 0 Å². The van der Waals surface area contributed by atoms with Crippen LogP contribution in [0.2, 0.25) is 0 Å². The van der Waals surface area contributed by atoms with Gasteiger partial charge in [-0.25, -0.2) is 0 Å². The molecule has 2 fully saturated rings. The van der Waals surface area contributed by atoms with Gasteiger partial charge in [-0.05, 0) is 39.7 Å². The number of allylic oxidation sites excluding steroid dienone is 4. The van der Waals surface area contributed by atoms with Gasteiger partial charge in [0.15, 0.2) is 17.2 Å². The number of ketones is 2. The lowest BCUT2D eigenvalue weighted by Gasteiger charge is -2.57. The van der Waals surface area contributed by atoms with E-state index >= 15 is 0 Å². The number of fused-ring (bicyclic) bond motifs is 1. The molecule has 5 atom stereocenters. The molecule has 2 aromatic carbocycles. The zero-order valence-electron chi connectivity index (χ0n) is 22.3. The van der Waals surface area contributed by atoms with Gasteiger partial charge in [0.05, 0.1) is 0 Å². The Morgan fingerprint density at radius 1 is 0.949 bits per heavy atom. The van der Waals surface area contributed by atoms with E-state index in [1.54, 1.807) is 6.08 Å². The van der Waals surface area contributed by atoms with Gasteiger partial charge in [0.1, 0.15) is 28.7 Å². The second-order valence-electron chi connectivity index (χ2n) is 11.4. The lowest BCUT2D eigenvalue weighted by Crippen LogP contribution is -2.73. The quantitative estimate of drug-likeness (QED) is 0.411. The molecule has 7 rings (SSSR count). The molecular weight excluding hydrogens is 496 g/mol. The zero-order chi connectivity index (χ0) is 27.9. The molecule has 1 unspecified atom stereocenters. The molecule has 0 amide bonds. The van der Waals surface area contributed by atoms with Crippen LogP contribution in [0.25, 0.3) is 0 Å². The van der Waals surface area contributed by atoms with Crippen molar-refractivity contribution in [3.05, 3.63) is 88.0 Å². The van der Waals surface area contributed by atoms with E-state index in [9.17, 15) is 24.6 Å². The van der Waals surface area contributed by atoms with Crippen LogP contribution < -0.4 is 4.74 Å². The molecule has 0 aromatic heterocycles. The molecule has 1 saturated heterocycles. The predicted molar refractivity (Wildman–Crippen MR) is 143 cm³/mol. The average molecular weight is 527 g/mol. The van der Waals surface area contributed by atoms with Gasteiger partial charge in [-0.2, -0.15) is 0 Å². The standard InChI is InChI=1S/C32H30O7/c1-16(2)10-11-19-22(33)15-23(34)25-27(35)21-14-20-24(18-8-6-5-7-9-18)26-30(37)39-31(29(20)36,13-12-17(3)4)32(21,26)38-28(19)25/h5-10,12,14-15,20,24,26,33-34H,11,13H2,1-4H3/t20-,24+,26+,31?,32-/m1/s1. The van der Waals surface area contributed by atoms with E-state index < -0.39 is 46.5 Å². The highest BCUT2D eigenvalue weighted by Gasteiger charge is 2.83. The summed E-state index contributed by atoms with van der Waals surface area (Å²) in [6, 6.07) is 10.4. The summed E-state index contributed by atoms with van der Waals surface area (Å²) in [5, 5.41) is 21.7. The second kappa shape index (κ2) is 8.43. The maximum Gasteiger partial charge on any atom is 0.315 e. The Hall–Kier alpha value is -4.13. The zero-order valence-corrected chi connectivity index (χ0v) is 22.3. The minimum absolute atomic E-state index is 0.0167. The first-order valence-electron chi connectivity index (χ1n) is 13.2. The topological polar surface area (TPSA) is 110 Å². The van der Waals surface area contributed by atoms with Crippen LogP contribution in [0.1, 0.15) is 61.5 Å². The van der Waals surface area contributed by atoms with Gasteiger partial charge >= 0.3 is 5.97 Å². The highest BCUT2D eigenvalue weighted by molar-refractivity contribution is 6.20. The summed E-state index contributed by atoms with van der Waals surface area (Å²) in [7, 11) is 0. The van der Waals surface area contributed by atoms with Crippen molar-refractivity contribution in [3.63, 3.8) is 0 Å². The number of hydrogen-bond acceptors (Lipinski definition) is 7. The van der Waals surface area contributed by atoms with Crippen molar-refractivity contribution >= 4 is 17.5 Å². The van der Waals surface area contributed by atoms with Crippen LogP contribution in [-0.4, -0.2) is 39.0 Å². The molecule has 0 radical (unpaired) electrons. The Kier molecular flexibility index (Phi) is 5.44. The van der Waals surface area contributed by atoms with E-state index in [1.807, 2.05) is 70.2 Å². The van der Waals surface area contributed by atoms with E-state index in [0.29, 0.717) is 5.56 Å². The van der Waals surface area contributed by atoms with Gasteiger partial charge in [-0.1, -0.05) is 59.7 Å². The molecule has 2 aliphatic heterocycles. The van der Waals surface area contributed by atoms with E-state index in [-0.39, 0.29) is 41.3 Å². The smallest absolute Gasteiger partial charge is 0.315 e. The fourth-order valence-electron chi connectivity index (χ4n) is 6.83. The lowest BCUT2D eigenvalue weighted by molar-refractivity contribution is -0.171. The minimum atomic E-state index is -1.76. The molecule has 2 N–H and O–H groups in total. The van der Waals surface area contributed by atoms with Gasteiger partial charge in [-0.15, -0.1) is 0 Å². The SMILES string of the molecule is CC(C)=CCc1c(O)cc(O)c2c1O[C@@]13C(=C[C@H]4C(=O)C1(CC=C(C)C)OC(=O)[C@@H]3[C@H]4c1ccccc1)C2=O. The molecule has 1 spiro atoms. The first-order chi connectivity index (χ1) is 18.5. The van der Waals surface area contributed by atoms with Gasteiger partial charge < -0.3 is 19.7 Å². The maximum absolute atomic E-state index is 14.4. The van der Waals surface area contributed by atoms with E-state index in [0.717, 1.165) is 22.8 Å². The van der Waals surface area contributed by atoms with Gasteiger partial charge in [0.2, 0.25) is 5.60 Å². The number of phenols is 2. The maximum atomic E-state index is 14.4. The Morgan fingerprint density at radius 2 is 1.64 bits per heavy atom. The summed E-state index contributed by atoms with van der Waals surface area (Å²) in [6.45, 7) is 7.57. The predicted octanol–water partition coefficient (Wildman–Crippen LogP) is 5.11. The van der Waals surface area contributed by atoms with Crippen molar-refractivity contribution in [1.82, 2.24) is 0 Å². The lowest BCUT2D eigenvalue weighted by atomic mass is 9.48. The summed E-state index contributed by atoms with van der Waals surface area (Å²) in [4.78, 5) is 42.4. The van der Waals surface area contributed by atoms with Gasteiger partial charge in [0, 0.05) is 35.5 Å². The Bertz CT molecular complexity index is 1540. The summed E-state index contributed by atoms with van der Waals surface area (Å²) in [6.07, 6.45) is 5.58. The van der Waals surface area contributed by atoms with Crippen molar-refractivity contribution in [1.29, 1.82) is 0 Å². The number of carbonyl (C=O) groups is 3. The molecule has 5 aliphatic rings. The van der Waals surface area contributed by atoms with Crippen LogP contribution in [0.3, 0.4) is 0 Å². The number of phenolic OH excluding ortho intramolecular Hbond substituents is 2.